The molecule has 1 aliphatic heterocycles. The lowest BCUT2D eigenvalue weighted by atomic mass is 10.00. The van der Waals surface area contributed by atoms with E-state index in [1.807, 2.05) is 6.20 Å². The van der Waals surface area contributed by atoms with E-state index in [1.165, 1.54) is 24.3 Å². The zero-order valence-corrected chi connectivity index (χ0v) is 10.2. The second-order valence-electron chi connectivity index (χ2n) is 3.92. The van der Waals surface area contributed by atoms with Gasteiger partial charge in [-0.25, -0.2) is 4.98 Å². The number of halogens is 1. The van der Waals surface area contributed by atoms with Crippen LogP contribution in [0, 0.1) is 5.92 Å². The maximum atomic E-state index is 5.76. The number of nitrogens with zero attached hydrogens (tertiary/aromatic N) is 1. The fraction of sp³-hybridized carbons (Fsp3) is 0.700. The summed E-state index contributed by atoms with van der Waals surface area (Å²) in [4.78, 5) is 5.23. The second-order valence-corrected chi connectivity index (χ2v) is 5.62. The van der Waals surface area contributed by atoms with Gasteiger partial charge in [-0.1, -0.05) is 11.6 Å². The lowest BCUT2D eigenvalue weighted by molar-refractivity contribution is 0.360. The molecular weight excluding hydrogens is 230 g/mol. The van der Waals surface area contributed by atoms with E-state index >= 15 is 0 Å². The highest BCUT2D eigenvalue weighted by atomic mass is 35.5. The molecule has 0 aliphatic carbocycles. The molecule has 5 heteroatoms. The Balaban J connectivity index is 1.65. The van der Waals surface area contributed by atoms with Gasteiger partial charge in [0.05, 0.1) is 0 Å². The molecule has 0 amide bonds. The van der Waals surface area contributed by atoms with Crippen LogP contribution in [0.2, 0.25) is 4.47 Å². The molecule has 2 heterocycles. The van der Waals surface area contributed by atoms with Gasteiger partial charge in [0, 0.05) is 17.6 Å². The van der Waals surface area contributed by atoms with Crippen LogP contribution in [0.1, 0.15) is 17.7 Å². The lowest BCUT2D eigenvalue weighted by Gasteiger charge is -2.22. The van der Waals surface area contributed by atoms with Gasteiger partial charge in [-0.15, -0.1) is 11.3 Å². The molecular formula is C10H16ClN3S. The Labute approximate surface area is 99.2 Å². The van der Waals surface area contributed by atoms with Crippen LogP contribution in [0.4, 0.5) is 0 Å². The average molecular weight is 246 g/mol. The van der Waals surface area contributed by atoms with Crippen LogP contribution in [-0.2, 0) is 6.54 Å². The first-order valence-corrected chi connectivity index (χ1v) is 6.55. The quantitative estimate of drug-likeness (QED) is 0.851. The predicted molar refractivity (Wildman–Crippen MR) is 64.4 cm³/mol. The lowest BCUT2D eigenvalue weighted by Crippen LogP contribution is -2.35. The zero-order valence-electron chi connectivity index (χ0n) is 8.63. The van der Waals surface area contributed by atoms with E-state index in [9.17, 15) is 0 Å². The molecule has 0 radical (unpaired) electrons. The monoisotopic (exact) mass is 245 g/mol. The summed E-state index contributed by atoms with van der Waals surface area (Å²) in [7, 11) is 0. The maximum absolute atomic E-state index is 5.76. The Morgan fingerprint density at radius 2 is 2.60 bits per heavy atom. The highest BCUT2D eigenvalue weighted by molar-refractivity contribution is 7.15. The van der Waals surface area contributed by atoms with Crippen molar-refractivity contribution in [3.8, 4) is 0 Å². The molecule has 1 aromatic heterocycles. The summed E-state index contributed by atoms with van der Waals surface area (Å²) in [5.74, 6) is 0.780. The Morgan fingerprint density at radius 1 is 1.67 bits per heavy atom. The minimum atomic E-state index is 0.631. The van der Waals surface area contributed by atoms with E-state index < -0.39 is 0 Å². The van der Waals surface area contributed by atoms with Crippen molar-refractivity contribution in [1.29, 1.82) is 0 Å². The summed E-state index contributed by atoms with van der Waals surface area (Å²) < 4.78 is 0.631. The van der Waals surface area contributed by atoms with E-state index in [2.05, 4.69) is 15.6 Å². The molecule has 1 atom stereocenters. The van der Waals surface area contributed by atoms with E-state index in [0.29, 0.717) is 4.47 Å². The van der Waals surface area contributed by atoms with Crippen molar-refractivity contribution in [1.82, 2.24) is 15.6 Å². The molecule has 1 saturated heterocycles. The Bertz CT molecular complexity index is 297. The number of nitrogens with one attached hydrogen (secondary N) is 2. The minimum absolute atomic E-state index is 0.631. The summed E-state index contributed by atoms with van der Waals surface area (Å²) in [6.45, 7) is 4.31. The van der Waals surface area contributed by atoms with Gasteiger partial charge in [0.2, 0.25) is 0 Å². The van der Waals surface area contributed by atoms with Gasteiger partial charge in [0.1, 0.15) is 0 Å². The normalized spacial score (nSPS) is 21.8. The number of thiazole rings is 1. The van der Waals surface area contributed by atoms with E-state index in [1.54, 1.807) is 11.3 Å². The second kappa shape index (κ2) is 5.80. The maximum Gasteiger partial charge on any atom is 0.183 e. The molecule has 3 nitrogen and oxygen atoms in total. The highest BCUT2D eigenvalue weighted by Crippen LogP contribution is 2.17. The zero-order chi connectivity index (χ0) is 10.5. The Morgan fingerprint density at radius 3 is 3.27 bits per heavy atom. The number of hydrogen-bond acceptors (Lipinski definition) is 4. The topological polar surface area (TPSA) is 37.0 Å². The van der Waals surface area contributed by atoms with E-state index in [0.717, 1.165) is 25.6 Å². The molecule has 1 unspecified atom stereocenters. The SMILES string of the molecule is Clc1ncc(CNCC2CCCNC2)s1. The summed E-state index contributed by atoms with van der Waals surface area (Å²) in [5.41, 5.74) is 0. The molecule has 0 bridgehead atoms. The van der Waals surface area contributed by atoms with Gasteiger partial charge in [0.15, 0.2) is 4.47 Å². The molecule has 15 heavy (non-hydrogen) atoms. The number of hydrogen-bond donors (Lipinski definition) is 2. The summed E-state index contributed by atoms with van der Waals surface area (Å²) >= 11 is 7.31. The van der Waals surface area contributed by atoms with Crippen molar-refractivity contribution in [2.75, 3.05) is 19.6 Å². The van der Waals surface area contributed by atoms with Gasteiger partial charge in [-0.3, -0.25) is 0 Å². The molecule has 0 aromatic carbocycles. The smallest absolute Gasteiger partial charge is 0.183 e. The van der Waals surface area contributed by atoms with Crippen LogP contribution in [0.3, 0.4) is 0 Å². The molecule has 1 fully saturated rings. The van der Waals surface area contributed by atoms with Crippen LogP contribution < -0.4 is 10.6 Å². The van der Waals surface area contributed by atoms with Crippen LogP contribution >= 0.6 is 22.9 Å². The molecule has 0 saturated carbocycles. The third kappa shape index (κ3) is 3.72. The van der Waals surface area contributed by atoms with Crippen LogP contribution in [-0.4, -0.2) is 24.6 Å². The number of piperidine rings is 1. The first kappa shape index (κ1) is 11.3. The van der Waals surface area contributed by atoms with Crippen LogP contribution in [0.5, 0.6) is 0 Å². The first-order valence-electron chi connectivity index (χ1n) is 5.36. The molecule has 2 rings (SSSR count). The van der Waals surface area contributed by atoms with Crippen molar-refractivity contribution < 1.29 is 0 Å². The minimum Gasteiger partial charge on any atom is -0.316 e. The van der Waals surface area contributed by atoms with Crippen molar-refractivity contribution in [3.05, 3.63) is 15.5 Å². The fourth-order valence-corrected chi connectivity index (χ4v) is 2.81. The van der Waals surface area contributed by atoms with Gasteiger partial charge in [-0.05, 0) is 38.4 Å². The van der Waals surface area contributed by atoms with Gasteiger partial charge < -0.3 is 10.6 Å². The van der Waals surface area contributed by atoms with Crippen molar-refractivity contribution in [3.63, 3.8) is 0 Å². The molecule has 0 spiro atoms. The molecule has 84 valence electrons. The van der Waals surface area contributed by atoms with Crippen molar-refractivity contribution in [2.45, 2.75) is 19.4 Å². The number of aromatic nitrogens is 1. The summed E-state index contributed by atoms with van der Waals surface area (Å²) in [6, 6.07) is 0. The van der Waals surface area contributed by atoms with Gasteiger partial charge >= 0.3 is 0 Å². The molecule has 2 N–H and O–H groups in total. The molecule has 1 aliphatic rings. The first-order chi connectivity index (χ1) is 7.34. The average Bonchev–Trinajstić information content (AvgIpc) is 2.66. The third-order valence-corrected chi connectivity index (χ3v) is 3.77. The summed E-state index contributed by atoms with van der Waals surface area (Å²) in [5, 5.41) is 6.87. The van der Waals surface area contributed by atoms with Gasteiger partial charge in [0.25, 0.3) is 0 Å². The van der Waals surface area contributed by atoms with E-state index in [-0.39, 0.29) is 0 Å². The number of rotatable bonds is 4. The standard InChI is InChI=1S/C10H16ClN3S/c11-10-14-7-9(15-10)6-13-5-8-2-1-3-12-4-8/h7-8,12-13H,1-6H2. The Kier molecular flexibility index (Phi) is 4.38. The van der Waals surface area contributed by atoms with Crippen LogP contribution in [0.15, 0.2) is 6.20 Å². The van der Waals surface area contributed by atoms with E-state index in [4.69, 9.17) is 11.6 Å². The third-order valence-electron chi connectivity index (χ3n) is 2.66. The molecule has 1 aromatic rings. The van der Waals surface area contributed by atoms with Crippen molar-refractivity contribution >= 4 is 22.9 Å². The van der Waals surface area contributed by atoms with Crippen LogP contribution in [0.25, 0.3) is 0 Å². The summed E-state index contributed by atoms with van der Waals surface area (Å²) in [6.07, 6.45) is 4.49. The largest absolute Gasteiger partial charge is 0.316 e. The Hall–Kier alpha value is -0.160. The highest BCUT2D eigenvalue weighted by Gasteiger charge is 2.12. The van der Waals surface area contributed by atoms with Gasteiger partial charge in [-0.2, -0.15) is 0 Å². The predicted octanol–water partition coefficient (Wildman–Crippen LogP) is 1.89. The fourth-order valence-electron chi connectivity index (χ4n) is 1.86. The van der Waals surface area contributed by atoms with Crippen molar-refractivity contribution in [2.24, 2.45) is 5.92 Å².